The summed E-state index contributed by atoms with van der Waals surface area (Å²) in [6.07, 6.45) is 0. The lowest BCUT2D eigenvalue weighted by Gasteiger charge is -2.10. The van der Waals surface area contributed by atoms with Crippen LogP contribution in [0.4, 0.5) is 5.69 Å². The second kappa shape index (κ2) is 5.62. The minimum Gasteiger partial charge on any atom is -0.398 e. The Balaban J connectivity index is 3.19. The minimum atomic E-state index is -1.30. The quantitative estimate of drug-likeness (QED) is 0.180. The molecule has 1 aromatic carbocycles. The van der Waals surface area contributed by atoms with E-state index in [-0.39, 0.29) is 5.84 Å². The maximum Gasteiger partial charge on any atom is 0.154 e. The van der Waals surface area contributed by atoms with Crippen molar-refractivity contribution >= 4 is 22.5 Å². The standard InChI is InChI=1S/C9H16N6OS/c1-13-17(16)6-3-4-8(10)7(5-6)9(11)14-15(2)12/h3-5,13H,10,12H2,1-2H3,(H2,11,14). The zero-order valence-electron chi connectivity index (χ0n) is 9.68. The van der Waals surface area contributed by atoms with Gasteiger partial charge < -0.3 is 11.5 Å². The SMILES string of the molecule is CNS(=O)c1ccc(N)c(/C(N)=N/N(C)N)c1. The first-order chi connectivity index (χ1) is 7.95. The van der Waals surface area contributed by atoms with Crippen LogP contribution < -0.4 is 22.0 Å². The molecular formula is C9H16N6OS. The summed E-state index contributed by atoms with van der Waals surface area (Å²) in [5.74, 6) is 5.53. The van der Waals surface area contributed by atoms with E-state index in [4.69, 9.17) is 17.3 Å². The highest BCUT2D eigenvalue weighted by atomic mass is 32.2. The smallest absolute Gasteiger partial charge is 0.154 e. The number of hydrazine groups is 1. The van der Waals surface area contributed by atoms with Crippen molar-refractivity contribution in [3.8, 4) is 0 Å². The van der Waals surface area contributed by atoms with Crippen LogP contribution in [0.25, 0.3) is 0 Å². The van der Waals surface area contributed by atoms with Crippen molar-refractivity contribution in [2.75, 3.05) is 19.8 Å². The molecule has 17 heavy (non-hydrogen) atoms. The highest BCUT2D eigenvalue weighted by Crippen LogP contribution is 2.16. The largest absolute Gasteiger partial charge is 0.398 e. The van der Waals surface area contributed by atoms with Gasteiger partial charge in [0.2, 0.25) is 0 Å². The Kier molecular flexibility index (Phi) is 4.44. The number of hydrogen-bond donors (Lipinski definition) is 4. The first-order valence-electron chi connectivity index (χ1n) is 4.77. The molecule has 0 aromatic heterocycles. The van der Waals surface area contributed by atoms with Gasteiger partial charge in [-0.25, -0.2) is 19.9 Å². The molecule has 94 valence electrons. The average Bonchev–Trinajstić information content (AvgIpc) is 2.27. The molecule has 0 saturated carbocycles. The van der Waals surface area contributed by atoms with Gasteiger partial charge in [-0.15, -0.1) is 5.10 Å². The third-order valence-electron chi connectivity index (χ3n) is 1.97. The lowest BCUT2D eigenvalue weighted by molar-refractivity contribution is 0.371. The third-order valence-corrected chi connectivity index (χ3v) is 3.02. The van der Waals surface area contributed by atoms with Crippen LogP contribution in [0.5, 0.6) is 0 Å². The second-order valence-corrected chi connectivity index (χ2v) is 4.70. The molecule has 1 atom stereocenters. The molecule has 0 amide bonds. The molecule has 0 radical (unpaired) electrons. The molecule has 8 heteroatoms. The van der Waals surface area contributed by atoms with Crippen LogP contribution in [-0.4, -0.2) is 29.3 Å². The molecule has 0 fully saturated rings. The summed E-state index contributed by atoms with van der Waals surface area (Å²) in [4.78, 5) is 0.564. The van der Waals surface area contributed by atoms with Gasteiger partial charge in [0.25, 0.3) is 0 Å². The van der Waals surface area contributed by atoms with Crippen LogP contribution in [0.1, 0.15) is 5.56 Å². The van der Waals surface area contributed by atoms with Gasteiger partial charge in [-0.3, -0.25) is 0 Å². The van der Waals surface area contributed by atoms with Gasteiger partial charge in [-0.2, -0.15) is 0 Å². The average molecular weight is 256 g/mol. The number of nitrogens with two attached hydrogens (primary N) is 3. The Hall–Kier alpha value is -1.64. The number of anilines is 1. The molecule has 7 nitrogen and oxygen atoms in total. The van der Waals surface area contributed by atoms with Crippen LogP contribution in [0.15, 0.2) is 28.2 Å². The summed E-state index contributed by atoms with van der Waals surface area (Å²) in [5.41, 5.74) is 12.5. The Morgan fingerprint density at radius 1 is 1.53 bits per heavy atom. The number of benzene rings is 1. The second-order valence-electron chi connectivity index (χ2n) is 3.28. The van der Waals surface area contributed by atoms with E-state index in [9.17, 15) is 4.21 Å². The summed E-state index contributed by atoms with van der Waals surface area (Å²) in [6.45, 7) is 0. The summed E-state index contributed by atoms with van der Waals surface area (Å²) < 4.78 is 14.2. The molecule has 1 rings (SSSR count). The molecule has 0 aliphatic heterocycles. The number of hydrogen-bond acceptors (Lipinski definition) is 5. The fourth-order valence-electron chi connectivity index (χ4n) is 1.21. The molecule has 0 spiro atoms. The van der Waals surface area contributed by atoms with Crippen molar-refractivity contribution in [3.05, 3.63) is 23.8 Å². The third kappa shape index (κ3) is 3.41. The van der Waals surface area contributed by atoms with E-state index in [1.165, 1.54) is 0 Å². The fourth-order valence-corrected chi connectivity index (χ4v) is 1.87. The monoisotopic (exact) mass is 256 g/mol. The number of nitrogen functional groups attached to an aromatic ring is 1. The van der Waals surface area contributed by atoms with E-state index in [0.717, 1.165) is 5.12 Å². The topological polar surface area (TPSA) is 123 Å². The van der Waals surface area contributed by atoms with E-state index in [2.05, 4.69) is 9.82 Å². The Morgan fingerprint density at radius 3 is 2.71 bits per heavy atom. The molecule has 1 unspecified atom stereocenters. The summed E-state index contributed by atoms with van der Waals surface area (Å²) in [6, 6.07) is 4.90. The molecule has 0 bridgehead atoms. The van der Waals surface area contributed by atoms with Gasteiger partial charge in [0.05, 0.1) is 4.90 Å². The summed E-state index contributed by atoms with van der Waals surface area (Å²) in [7, 11) is 1.84. The van der Waals surface area contributed by atoms with Crippen molar-refractivity contribution in [2.45, 2.75) is 4.90 Å². The molecule has 0 aliphatic rings. The van der Waals surface area contributed by atoms with Crippen molar-refractivity contribution < 1.29 is 4.21 Å². The maximum atomic E-state index is 11.6. The number of nitrogens with one attached hydrogen (secondary N) is 1. The van der Waals surface area contributed by atoms with Crippen molar-refractivity contribution in [3.63, 3.8) is 0 Å². The first kappa shape index (κ1) is 13.4. The van der Waals surface area contributed by atoms with E-state index >= 15 is 0 Å². The number of nitrogens with zero attached hydrogens (tertiary/aromatic N) is 2. The number of hydrazone groups is 1. The van der Waals surface area contributed by atoms with Gasteiger partial charge in [0.1, 0.15) is 11.0 Å². The van der Waals surface area contributed by atoms with Gasteiger partial charge in [0, 0.05) is 18.3 Å². The highest BCUT2D eigenvalue weighted by molar-refractivity contribution is 7.83. The lowest BCUT2D eigenvalue weighted by Crippen LogP contribution is -2.26. The predicted molar refractivity (Wildman–Crippen MR) is 69.0 cm³/mol. The van der Waals surface area contributed by atoms with Crippen molar-refractivity contribution in [2.24, 2.45) is 16.7 Å². The van der Waals surface area contributed by atoms with E-state index in [1.54, 1.807) is 32.3 Å². The van der Waals surface area contributed by atoms with Gasteiger partial charge in [-0.05, 0) is 25.2 Å². The van der Waals surface area contributed by atoms with Crippen LogP contribution in [0, 0.1) is 0 Å². The summed E-state index contributed by atoms with van der Waals surface area (Å²) >= 11 is 0. The van der Waals surface area contributed by atoms with Crippen molar-refractivity contribution in [1.29, 1.82) is 0 Å². The highest BCUT2D eigenvalue weighted by Gasteiger charge is 2.09. The Labute approximate surface area is 102 Å². The van der Waals surface area contributed by atoms with Crippen LogP contribution in [0.3, 0.4) is 0 Å². The number of rotatable bonds is 4. The zero-order valence-corrected chi connectivity index (χ0v) is 10.5. The zero-order chi connectivity index (χ0) is 13.0. The normalized spacial score (nSPS) is 13.5. The van der Waals surface area contributed by atoms with Crippen LogP contribution >= 0.6 is 0 Å². The fraction of sp³-hybridized carbons (Fsp3) is 0.222. The lowest BCUT2D eigenvalue weighted by atomic mass is 10.1. The van der Waals surface area contributed by atoms with E-state index in [0.29, 0.717) is 16.1 Å². The van der Waals surface area contributed by atoms with E-state index in [1.807, 2.05) is 0 Å². The minimum absolute atomic E-state index is 0.169. The molecule has 0 saturated heterocycles. The van der Waals surface area contributed by atoms with E-state index < -0.39 is 11.0 Å². The molecule has 1 aromatic rings. The summed E-state index contributed by atoms with van der Waals surface area (Å²) in [5, 5.41) is 4.92. The Bertz CT molecular complexity index is 459. The molecule has 0 aliphatic carbocycles. The van der Waals surface area contributed by atoms with Gasteiger partial charge in [-0.1, -0.05) is 0 Å². The number of amidine groups is 1. The maximum absolute atomic E-state index is 11.6. The molecular weight excluding hydrogens is 240 g/mol. The predicted octanol–water partition coefficient (Wildman–Crippen LogP) is -1.06. The molecule has 7 N–H and O–H groups in total. The van der Waals surface area contributed by atoms with Crippen LogP contribution in [0.2, 0.25) is 0 Å². The van der Waals surface area contributed by atoms with Crippen LogP contribution in [-0.2, 0) is 11.0 Å². The van der Waals surface area contributed by atoms with Crippen molar-refractivity contribution in [1.82, 2.24) is 9.84 Å². The molecule has 0 heterocycles. The Morgan fingerprint density at radius 2 is 2.18 bits per heavy atom. The van der Waals surface area contributed by atoms with Gasteiger partial charge in [0.15, 0.2) is 5.84 Å². The van der Waals surface area contributed by atoms with Gasteiger partial charge >= 0.3 is 0 Å². The first-order valence-corrected chi connectivity index (χ1v) is 5.92.